The van der Waals surface area contributed by atoms with E-state index >= 15 is 0 Å². The maximum atomic E-state index is 13.4. The third-order valence-corrected chi connectivity index (χ3v) is 4.69. The zero-order valence-electron chi connectivity index (χ0n) is 12.8. The molecule has 0 aromatic heterocycles. The largest absolute Gasteiger partial charge is 0.393 e. The average Bonchev–Trinajstić information content (AvgIpc) is 2.56. The average molecular weight is 309 g/mol. The minimum Gasteiger partial charge on any atom is -0.393 e. The van der Waals surface area contributed by atoms with Gasteiger partial charge >= 0.3 is 0 Å². The second-order valence-corrected chi connectivity index (χ2v) is 6.31. The van der Waals surface area contributed by atoms with E-state index in [-0.39, 0.29) is 12.4 Å². The topological polar surface area (TPSA) is 41.9 Å². The molecule has 0 spiro atoms. The van der Waals surface area contributed by atoms with Crippen molar-refractivity contribution < 1.29 is 19.0 Å². The van der Waals surface area contributed by atoms with E-state index in [9.17, 15) is 9.50 Å². The van der Waals surface area contributed by atoms with Crippen molar-refractivity contribution in [3.05, 3.63) is 35.6 Å². The van der Waals surface area contributed by atoms with E-state index in [1.165, 1.54) is 12.1 Å². The number of hydrogen-bond acceptors (Lipinski definition) is 4. The Balaban J connectivity index is 1.70. The third-order valence-electron chi connectivity index (χ3n) is 4.69. The van der Waals surface area contributed by atoms with Crippen molar-refractivity contribution >= 4 is 0 Å². The molecule has 2 aliphatic heterocycles. The van der Waals surface area contributed by atoms with Crippen LogP contribution < -0.4 is 0 Å². The van der Waals surface area contributed by atoms with E-state index in [0.717, 1.165) is 38.2 Å². The van der Waals surface area contributed by atoms with Crippen LogP contribution in [0.15, 0.2) is 24.3 Å². The van der Waals surface area contributed by atoms with Gasteiger partial charge in [0.15, 0.2) is 0 Å². The molecule has 1 aromatic rings. The van der Waals surface area contributed by atoms with Gasteiger partial charge in [0, 0.05) is 38.8 Å². The summed E-state index contributed by atoms with van der Waals surface area (Å²) in [5.41, 5.74) is 0.229. The molecule has 3 rings (SSSR count). The second-order valence-electron chi connectivity index (χ2n) is 6.31. The monoisotopic (exact) mass is 309 g/mol. The van der Waals surface area contributed by atoms with Crippen molar-refractivity contribution in [2.75, 3.05) is 39.5 Å². The standard InChI is InChI=1S/C17H24FNO3/c18-15-3-1-2-14(10-15)11-17(13-20)12-19(6-9-22-17)16-4-7-21-8-5-16/h1-3,10,16,20H,4-9,11-13H2. The van der Waals surface area contributed by atoms with Gasteiger partial charge in [0.25, 0.3) is 0 Å². The summed E-state index contributed by atoms with van der Waals surface area (Å²) in [6.45, 7) is 3.73. The van der Waals surface area contributed by atoms with E-state index in [0.29, 0.717) is 25.6 Å². The summed E-state index contributed by atoms with van der Waals surface area (Å²) in [7, 11) is 0. The Bertz CT molecular complexity index is 493. The normalized spacial score (nSPS) is 27.9. The number of hydrogen-bond donors (Lipinski definition) is 1. The van der Waals surface area contributed by atoms with Gasteiger partial charge in [-0.25, -0.2) is 4.39 Å². The molecular weight excluding hydrogens is 285 g/mol. The van der Waals surface area contributed by atoms with E-state index in [4.69, 9.17) is 9.47 Å². The highest BCUT2D eigenvalue weighted by atomic mass is 19.1. The number of morpholine rings is 1. The number of halogens is 1. The Hall–Kier alpha value is -1.01. The van der Waals surface area contributed by atoms with Crippen LogP contribution in [0.4, 0.5) is 4.39 Å². The highest BCUT2D eigenvalue weighted by Gasteiger charge is 2.39. The summed E-state index contributed by atoms with van der Waals surface area (Å²) in [4.78, 5) is 2.40. The maximum Gasteiger partial charge on any atom is 0.123 e. The van der Waals surface area contributed by atoms with Crippen molar-refractivity contribution in [3.8, 4) is 0 Å². The fraction of sp³-hybridized carbons (Fsp3) is 0.647. The summed E-state index contributed by atoms with van der Waals surface area (Å²) in [5, 5.41) is 9.92. The second kappa shape index (κ2) is 7.04. The van der Waals surface area contributed by atoms with Gasteiger partial charge in [-0.15, -0.1) is 0 Å². The fourth-order valence-electron chi connectivity index (χ4n) is 3.51. The van der Waals surface area contributed by atoms with Crippen molar-refractivity contribution in [2.45, 2.75) is 30.9 Å². The van der Waals surface area contributed by atoms with Gasteiger partial charge in [-0.05, 0) is 30.5 Å². The lowest BCUT2D eigenvalue weighted by atomic mass is 9.91. The summed E-state index contributed by atoms with van der Waals surface area (Å²) in [6, 6.07) is 7.04. The van der Waals surface area contributed by atoms with Gasteiger partial charge in [0.1, 0.15) is 11.4 Å². The molecule has 4 nitrogen and oxygen atoms in total. The van der Waals surface area contributed by atoms with Crippen molar-refractivity contribution in [1.82, 2.24) is 4.90 Å². The highest BCUT2D eigenvalue weighted by molar-refractivity contribution is 5.19. The Labute approximate surface area is 130 Å². The maximum absolute atomic E-state index is 13.4. The Morgan fingerprint density at radius 2 is 2.09 bits per heavy atom. The minimum absolute atomic E-state index is 0.0523. The first-order valence-corrected chi connectivity index (χ1v) is 8.02. The summed E-state index contributed by atoms with van der Waals surface area (Å²) >= 11 is 0. The molecule has 0 aliphatic carbocycles. The number of aliphatic hydroxyl groups excluding tert-OH is 1. The molecule has 1 atom stereocenters. The van der Waals surface area contributed by atoms with E-state index in [1.807, 2.05) is 6.07 Å². The van der Waals surface area contributed by atoms with Crippen LogP contribution in [0.25, 0.3) is 0 Å². The van der Waals surface area contributed by atoms with E-state index in [2.05, 4.69) is 4.90 Å². The van der Waals surface area contributed by atoms with Crippen LogP contribution in [0.5, 0.6) is 0 Å². The number of aliphatic hydroxyl groups is 1. The van der Waals surface area contributed by atoms with Crippen LogP contribution >= 0.6 is 0 Å². The predicted molar refractivity (Wildman–Crippen MR) is 81.3 cm³/mol. The highest BCUT2D eigenvalue weighted by Crippen LogP contribution is 2.27. The number of nitrogens with zero attached hydrogens (tertiary/aromatic N) is 1. The molecule has 2 aliphatic rings. The number of rotatable bonds is 4. The SMILES string of the molecule is OCC1(Cc2cccc(F)c2)CN(C2CCOCC2)CCO1. The van der Waals surface area contributed by atoms with Crippen LogP contribution in [0.2, 0.25) is 0 Å². The molecule has 1 aromatic carbocycles. The molecule has 5 heteroatoms. The molecule has 22 heavy (non-hydrogen) atoms. The molecule has 0 saturated carbocycles. The van der Waals surface area contributed by atoms with Crippen LogP contribution in [-0.2, 0) is 15.9 Å². The molecule has 0 bridgehead atoms. The van der Waals surface area contributed by atoms with Crippen LogP contribution in [0.3, 0.4) is 0 Å². The quantitative estimate of drug-likeness (QED) is 0.917. The molecule has 0 amide bonds. The molecule has 1 unspecified atom stereocenters. The Kier molecular flexibility index (Phi) is 5.08. The summed E-state index contributed by atoms with van der Waals surface area (Å²) in [6.07, 6.45) is 2.59. The first-order valence-electron chi connectivity index (χ1n) is 8.02. The van der Waals surface area contributed by atoms with E-state index in [1.54, 1.807) is 6.07 Å². The Morgan fingerprint density at radius 1 is 1.27 bits per heavy atom. The van der Waals surface area contributed by atoms with Crippen molar-refractivity contribution in [3.63, 3.8) is 0 Å². The molecule has 2 saturated heterocycles. The van der Waals surface area contributed by atoms with Gasteiger partial charge in [0.05, 0.1) is 13.2 Å². The number of ether oxygens (including phenoxy) is 2. The lowest BCUT2D eigenvalue weighted by Crippen LogP contribution is -2.58. The molecule has 1 N–H and O–H groups in total. The zero-order chi connectivity index (χ0) is 15.4. The minimum atomic E-state index is -0.635. The zero-order valence-corrected chi connectivity index (χ0v) is 12.8. The van der Waals surface area contributed by atoms with Crippen molar-refractivity contribution in [1.29, 1.82) is 0 Å². The Morgan fingerprint density at radius 3 is 2.82 bits per heavy atom. The van der Waals surface area contributed by atoms with Gasteiger partial charge in [-0.2, -0.15) is 0 Å². The lowest BCUT2D eigenvalue weighted by molar-refractivity contribution is -0.146. The van der Waals surface area contributed by atoms with Crippen LogP contribution in [-0.4, -0.2) is 61.2 Å². The third kappa shape index (κ3) is 3.66. The van der Waals surface area contributed by atoms with Crippen LogP contribution in [0.1, 0.15) is 18.4 Å². The van der Waals surface area contributed by atoms with Gasteiger partial charge in [-0.1, -0.05) is 12.1 Å². The smallest absolute Gasteiger partial charge is 0.123 e. The molecular formula is C17H24FNO3. The molecule has 2 fully saturated rings. The van der Waals surface area contributed by atoms with Gasteiger partial charge in [0.2, 0.25) is 0 Å². The predicted octanol–water partition coefficient (Wildman–Crippen LogP) is 1.61. The van der Waals surface area contributed by atoms with Gasteiger partial charge < -0.3 is 14.6 Å². The summed E-state index contributed by atoms with van der Waals surface area (Å²) in [5.74, 6) is -0.248. The van der Waals surface area contributed by atoms with E-state index < -0.39 is 5.60 Å². The first kappa shape index (κ1) is 15.9. The van der Waals surface area contributed by atoms with Crippen molar-refractivity contribution in [2.24, 2.45) is 0 Å². The van der Waals surface area contributed by atoms with Crippen LogP contribution in [0, 0.1) is 5.82 Å². The molecule has 0 radical (unpaired) electrons. The fourth-order valence-corrected chi connectivity index (χ4v) is 3.51. The molecule has 122 valence electrons. The summed E-state index contributed by atoms with van der Waals surface area (Å²) < 4.78 is 24.8. The molecule has 2 heterocycles. The first-order chi connectivity index (χ1) is 10.7. The lowest BCUT2D eigenvalue weighted by Gasteiger charge is -2.45. The number of benzene rings is 1. The van der Waals surface area contributed by atoms with Gasteiger partial charge in [-0.3, -0.25) is 4.90 Å².